The van der Waals surface area contributed by atoms with E-state index in [-0.39, 0.29) is 12.0 Å². The summed E-state index contributed by atoms with van der Waals surface area (Å²) in [4.78, 5) is 20.3. The van der Waals surface area contributed by atoms with Gasteiger partial charge in [-0.2, -0.15) is 0 Å². The van der Waals surface area contributed by atoms with Crippen LogP contribution in [0.15, 0.2) is 23.6 Å². The Labute approximate surface area is 97.4 Å². The molecule has 6 nitrogen and oxygen atoms in total. The quantitative estimate of drug-likeness (QED) is 0.774. The van der Waals surface area contributed by atoms with E-state index in [4.69, 9.17) is 15.3 Å². The third-order valence-corrected chi connectivity index (χ3v) is 2.98. The van der Waals surface area contributed by atoms with E-state index in [0.29, 0.717) is 18.8 Å². The van der Waals surface area contributed by atoms with Crippen molar-refractivity contribution in [3.05, 3.63) is 29.6 Å². The summed E-state index contributed by atoms with van der Waals surface area (Å²) in [7, 11) is 0. The number of aromatic nitrogens is 1. The summed E-state index contributed by atoms with van der Waals surface area (Å²) in [6.07, 6.45) is 3.07. The lowest BCUT2D eigenvalue weighted by Crippen LogP contribution is -2.22. The third-order valence-electron chi connectivity index (χ3n) is 2.98. The Balaban J connectivity index is 1.94. The zero-order valence-corrected chi connectivity index (χ0v) is 9.00. The summed E-state index contributed by atoms with van der Waals surface area (Å²) in [5.74, 6) is -0.377. The van der Waals surface area contributed by atoms with Gasteiger partial charge in [0.1, 0.15) is 0 Å². The van der Waals surface area contributed by atoms with Gasteiger partial charge >= 0.3 is 0 Å². The van der Waals surface area contributed by atoms with E-state index >= 15 is 0 Å². The van der Waals surface area contributed by atoms with Gasteiger partial charge in [0.05, 0.1) is 30.4 Å². The van der Waals surface area contributed by atoms with Gasteiger partial charge in [-0.3, -0.25) is 9.78 Å². The summed E-state index contributed by atoms with van der Waals surface area (Å²) in [5.41, 5.74) is 7.13. The number of nitrogens with two attached hydrogens (primary N) is 1. The largest absolute Gasteiger partial charge is 0.389 e. The van der Waals surface area contributed by atoms with Crippen LogP contribution in [0.25, 0.3) is 0 Å². The number of amides is 1. The van der Waals surface area contributed by atoms with Crippen LogP contribution in [0.3, 0.4) is 0 Å². The monoisotopic (exact) mass is 233 g/mol. The Morgan fingerprint density at radius 2 is 2.29 bits per heavy atom. The lowest BCUT2D eigenvalue weighted by Gasteiger charge is -2.07. The maximum absolute atomic E-state index is 11.1. The Morgan fingerprint density at radius 3 is 3.12 bits per heavy atom. The van der Waals surface area contributed by atoms with Crippen molar-refractivity contribution in [3.8, 4) is 0 Å². The molecule has 0 bridgehead atoms. The number of nitrogens with zero attached hydrogens (tertiary/aromatic N) is 2. The van der Waals surface area contributed by atoms with Crippen LogP contribution < -0.4 is 5.73 Å². The molecule has 1 aromatic heterocycles. The molecule has 1 aromatic rings. The highest BCUT2D eigenvalue weighted by molar-refractivity contribution is 6.04. The van der Waals surface area contributed by atoms with Crippen LogP contribution in [0.5, 0.6) is 0 Å². The van der Waals surface area contributed by atoms with E-state index in [2.05, 4.69) is 10.1 Å². The van der Waals surface area contributed by atoms with Gasteiger partial charge in [0.2, 0.25) is 5.91 Å². The highest BCUT2D eigenvalue weighted by Gasteiger charge is 2.39. The molecule has 0 radical (unpaired) electrons. The zero-order valence-electron chi connectivity index (χ0n) is 9.00. The first kappa shape index (κ1) is 10.2. The van der Waals surface area contributed by atoms with E-state index in [9.17, 15) is 4.79 Å². The number of pyridine rings is 1. The van der Waals surface area contributed by atoms with Crippen LogP contribution in [-0.2, 0) is 9.57 Å². The van der Waals surface area contributed by atoms with Crippen LogP contribution in [-0.4, -0.2) is 35.9 Å². The summed E-state index contributed by atoms with van der Waals surface area (Å²) in [5, 5.41) is 4.04. The predicted molar refractivity (Wildman–Crippen MR) is 58.5 cm³/mol. The summed E-state index contributed by atoms with van der Waals surface area (Å²) in [6.45, 7) is 1.14. The van der Waals surface area contributed by atoms with Crippen molar-refractivity contribution >= 4 is 11.6 Å². The SMILES string of the molecule is NC(=O)c1cncc(C2=NOC3COCC23)c1. The molecule has 2 atom stereocenters. The van der Waals surface area contributed by atoms with Gasteiger partial charge < -0.3 is 15.3 Å². The fourth-order valence-corrected chi connectivity index (χ4v) is 2.07. The van der Waals surface area contributed by atoms with Crippen molar-refractivity contribution in [1.29, 1.82) is 0 Å². The number of carbonyl (C=O) groups is 1. The molecule has 88 valence electrons. The second-order valence-corrected chi connectivity index (χ2v) is 4.09. The molecule has 6 heteroatoms. The fourth-order valence-electron chi connectivity index (χ4n) is 2.07. The number of hydrogen-bond donors (Lipinski definition) is 1. The number of hydrogen-bond acceptors (Lipinski definition) is 5. The number of fused-ring (bicyclic) bond motifs is 1. The first-order chi connectivity index (χ1) is 8.25. The molecule has 2 aliphatic rings. The zero-order chi connectivity index (χ0) is 11.8. The van der Waals surface area contributed by atoms with Gasteiger partial charge in [-0.25, -0.2) is 0 Å². The molecule has 0 aliphatic carbocycles. The number of carbonyl (C=O) groups excluding carboxylic acids is 1. The molecular weight excluding hydrogens is 222 g/mol. The topological polar surface area (TPSA) is 86.8 Å². The normalized spacial score (nSPS) is 26.2. The molecular formula is C11H11N3O3. The maximum Gasteiger partial charge on any atom is 0.250 e. The molecule has 1 saturated heterocycles. The second-order valence-electron chi connectivity index (χ2n) is 4.09. The van der Waals surface area contributed by atoms with Crippen molar-refractivity contribution in [2.24, 2.45) is 16.8 Å². The number of rotatable bonds is 2. The van der Waals surface area contributed by atoms with Crippen LogP contribution in [0.2, 0.25) is 0 Å². The first-order valence-corrected chi connectivity index (χ1v) is 5.32. The second kappa shape index (κ2) is 3.81. The van der Waals surface area contributed by atoms with Gasteiger partial charge in [0.15, 0.2) is 6.10 Å². The van der Waals surface area contributed by atoms with Gasteiger partial charge in [-0.05, 0) is 6.07 Å². The predicted octanol–water partition coefficient (Wildman–Crippen LogP) is -0.0702. The molecule has 3 heterocycles. The molecule has 3 rings (SSSR count). The Kier molecular flexibility index (Phi) is 2.29. The minimum Gasteiger partial charge on any atom is -0.389 e. The van der Waals surface area contributed by atoms with E-state index < -0.39 is 5.91 Å². The van der Waals surface area contributed by atoms with E-state index in [0.717, 1.165) is 11.3 Å². The van der Waals surface area contributed by atoms with Gasteiger partial charge in [-0.1, -0.05) is 5.16 Å². The molecule has 0 aromatic carbocycles. The molecule has 0 spiro atoms. The van der Waals surface area contributed by atoms with E-state index in [1.54, 1.807) is 12.3 Å². The van der Waals surface area contributed by atoms with Gasteiger partial charge in [-0.15, -0.1) is 0 Å². The molecule has 2 unspecified atom stereocenters. The smallest absolute Gasteiger partial charge is 0.250 e. The molecule has 1 fully saturated rings. The summed E-state index contributed by atoms with van der Waals surface area (Å²) >= 11 is 0. The Bertz CT molecular complexity index is 500. The van der Waals surface area contributed by atoms with Gasteiger partial charge in [0.25, 0.3) is 0 Å². The van der Waals surface area contributed by atoms with Crippen molar-refractivity contribution in [2.75, 3.05) is 13.2 Å². The van der Waals surface area contributed by atoms with Crippen molar-refractivity contribution in [2.45, 2.75) is 6.10 Å². The molecule has 0 saturated carbocycles. The van der Waals surface area contributed by atoms with E-state index in [1.165, 1.54) is 6.20 Å². The lowest BCUT2D eigenvalue weighted by atomic mass is 9.95. The van der Waals surface area contributed by atoms with Crippen LogP contribution in [0, 0.1) is 5.92 Å². The standard InChI is InChI=1S/C11H11N3O3/c12-11(15)7-1-6(2-13-3-7)10-8-4-16-5-9(8)17-14-10/h1-3,8-9H,4-5H2,(H2,12,15). The highest BCUT2D eigenvalue weighted by Crippen LogP contribution is 2.28. The maximum atomic E-state index is 11.1. The average molecular weight is 233 g/mol. The van der Waals surface area contributed by atoms with Crippen LogP contribution >= 0.6 is 0 Å². The Hall–Kier alpha value is -1.95. The number of primary amides is 1. The van der Waals surface area contributed by atoms with E-state index in [1.807, 2.05) is 0 Å². The minimum atomic E-state index is -0.502. The van der Waals surface area contributed by atoms with Gasteiger partial charge in [0, 0.05) is 18.0 Å². The first-order valence-electron chi connectivity index (χ1n) is 5.32. The fraction of sp³-hybridized carbons (Fsp3) is 0.364. The number of ether oxygens (including phenoxy) is 1. The molecule has 2 N–H and O–H groups in total. The lowest BCUT2D eigenvalue weighted by molar-refractivity contribution is 0.0558. The number of oxime groups is 1. The summed E-state index contributed by atoms with van der Waals surface area (Å²) < 4.78 is 5.32. The van der Waals surface area contributed by atoms with Crippen LogP contribution in [0.4, 0.5) is 0 Å². The van der Waals surface area contributed by atoms with Crippen LogP contribution in [0.1, 0.15) is 15.9 Å². The third kappa shape index (κ3) is 1.66. The van der Waals surface area contributed by atoms with Crippen molar-refractivity contribution in [1.82, 2.24) is 4.98 Å². The Morgan fingerprint density at radius 1 is 1.41 bits per heavy atom. The molecule has 2 aliphatic heterocycles. The summed E-state index contributed by atoms with van der Waals surface area (Å²) in [6, 6.07) is 1.68. The molecule has 17 heavy (non-hydrogen) atoms. The minimum absolute atomic E-state index is 0.0118. The average Bonchev–Trinajstić information content (AvgIpc) is 2.90. The molecule has 1 amide bonds. The highest BCUT2D eigenvalue weighted by atomic mass is 16.7. The van der Waals surface area contributed by atoms with Crippen molar-refractivity contribution < 1.29 is 14.4 Å². The van der Waals surface area contributed by atoms with Crippen molar-refractivity contribution in [3.63, 3.8) is 0 Å².